The molecular formula is C19H25N5O. The molecule has 2 saturated carbocycles. The first kappa shape index (κ1) is 16.3. The van der Waals surface area contributed by atoms with Gasteiger partial charge in [0.2, 0.25) is 5.91 Å². The molecule has 0 radical (unpaired) electrons. The van der Waals surface area contributed by atoms with Crippen molar-refractivity contribution in [2.24, 2.45) is 11.8 Å². The van der Waals surface area contributed by atoms with Crippen molar-refractivity contribution in [1.29, 1.82) is 5.26 Å². The zero-order valence-corrected chi connectivity index (χ0v) is 14.5. The summed E-state index contributed by atoms with van der Waals surface area (Å²) in [6.45, 7) is 3.73. The first-order chi connectivity index (χ1) is 12.2. The topological polar surface area (TPSA) is 72.3 Å². The van der Waals surface area contributed by atoms with Crippen molar-refractivity contribution >= 4 is 11.7 Å². The Bertz CT molecular complexity index is 657. The molecule has 0 atom stereocenters. The van der Waals surface area contributed by atoms with Crippen molar-refractivity contribution in [1.82, 2.24) is 15.2 Å². The molecule has 0 bridgehead atoms. The van der Waals surface area contributed by atoms with Gasteiger partial charge in [-0.3, -0.25) is 9.69 Å². The Hall–Kier alpha value is -2.13. The van der Waals surface area contributed by atoms with Crippen LogP contribution in [0.15, 0.2) is 18.3 Å². The van der Waals surface area contributed by atoms with Gasteiger partial charge in [0.1, 0.15) is 11.9 Å². The number of pyridine rings is 1. The van der Waals surface area contributed by atoms with Gasteiger partial charge in [0.05, 0.1) is 12.1 Å². The van der Waals surface area contributed by atoms with Crippen LogP contribution in [0.25, 0.3) is 0 Å². The molecule has 1 aliphatic heterocycles. The first-order valence-electron chi connectivity index (χ1n) is 9.36. The molecule has 6 heteroatoms. The van der Waals surface area contributed by atoms with Crippen LogP contribution in [0.5, 0.6) is 0 Å². The van der Waals surface area contributed by atoms with Gasteiger partial charge in [0.15, 0.2) is 0 Å². The van der Waals surface area contributed by atoms with Crippen molar-refractivity contribution in [3.8, 4) is 6.07 Å². The molecule has 132 valence electrons. The minimum Gasteiger partial charge on any atom is -0.353 e. The Morgan fingerprint density at radius 3 is 2.52 bits per heavy atom. The average Bonchev–Trinajstić information content (AvgIpc) is 3.54. The number of carbonyl (C=O) groups is 1. The maximum atomic E-state index is 12.4. The van der Waals surface area contributed by atoms with Crippen molar-refractivity contribution in [2.75, 3.05) is 37.6 Å². The van der Waals surface area contributed by atoms with Gasteiger partial charge in [-0.25, -0.2) is 4.98 Å². The number of rotatable bonds is 6. The fourth-order valence-corrected chi connectivity index (χ4v) is 3.82. The van der Waals surface area contributed by atoms with Gasteiger partial charge in [0.25, 0.3) is 0 Å². The minimum atomic E-state index is 0.174. The average molecular weight is 339 g/mol. The minimum absolute atomic E-state index is 0.174. The van der Waals surface area contributed by atoms with Crippen molar-refractivity contribution in [3.05, 3.63) is 23.9 Å². The lowest BCUT2D eigenvalue weighted by atomic mass is 10.1. The summed E-state index contributed by atoms with van der Waals surface area (Å²) in [5.74, 6) is 2.41. The summed E-state index contributed by atoms with van der Waals surface area (Å²) >= 11 is 0. The van der Waals surface area contributed by atoms with E-state index >= 15 is 0 Å². The molecule has 4 rings (SSSR count). The van der Waals surface area contributed by atoms with Crippen LogP contribution >= 0.6 is 0 Å². The summed E-state index contributed by atoms with van der Waals surface area (Å²) in [6.07, 6.45) is 6.86. The third-order valence-electron chi connectivity index (χ3n) is 5.53. The molecule has 6 nitrogen and oxygen atoms in total. The maximum absolute atomic E-state index is 12.4. The van der Waals surface area contributed by atoms with Crippen LogP contribution in [0, 0.1) is 23.2 Å². The highest BCUT2D eigenvalue weighted by Gasteiger charge is 2.42. The molecule has 1 aromatic rings. The highest BCUT2D eigenvalue weighted by Crippen LogP contribution is 2.44. The molecular weight excluding hydrogens is 314 g/mol. The first-order valence-corrected chi connectivity index (χ1v) is 9.36. The van der Waals surface area contributed by atoms with Gasteiger partial charge >= 0.3 is 0 Å². The third-order valence-corrected chi connectivity index (χ3v) is 5.53. The van der Waals surface area contributed by atoms with Crippen LogP contribution in [-0.2, 0) is 4.79 Å². The number of hydrogen-bond acceptors (Lipinski definition) is 5. The molecule has 0 unspecified atom stereocenters. The Labute approximate surface area is 148 Å². The molecule has 3 fully saturated rings. The van der Waals surface area contributed by atoms with Crippen LogP contribution in [0.4, 0.5) is 5.82 Å². The van der Waals surface area contributed by atoms with Gasteiger partial charge in [-0.15, -0.1) is 0 Å². The van der Waals surface area contributed by atoms with E-state index < -0.39 is 0 Å². The second kappa shape index (κ2) is 7.01. The fraction of sp³-hybridized carbons (Fsp3) is 0.632. The zero-order valence-electron chi connectivity index (χ0n) is 14.5. The van der Waals surface area contributed by atoms with E-state index in [0.717, 1.165) is 43.8 Å². The van der Waals surface area contributed by atoms with Gasteiger partial charge < -0.3 is 10.2 Å². The summed E-state index contributed by atoms with van der Waals surface area (Å²) in [6, 6.07) is 6.23. The number of amides is 1. The molecule has 25 heavy (non-hydrogen) atoms. The zero-order chi connectivity index (χ0) is 17.2. The van der Waals surface area contributed by atoms with Crippen LogP contribution in [0.1, 0.15) is 31.2 Å². The largest absolute Gasteiger partial charge is 0.353 e. The highest BCUT2D eigenvalue weighted by atomic mass is 16.2. The smallest absolute Gasteiger partial charge is 0.234 e. The second-order valence-corrected chi connectivity index (χ2v) is 7.52. The number of nitrogens with one attached hydrogen (secondary N) is 1. The lowest BCUT2D eigenvalue weighted by Gasteiger charge is -2.35. The van der Waals surface area contributed by atoms with Gasteiger partial charge in [-0.1, -0.05) is 0 Å². The molecule has 3 aliphatic rings. The van der Waals surface area contributed by atoms with Crippen LogP contribution < -0.4 is 10.2 Å². The lowest BCUT2D eigenvalue weighted by Crippen LogP contribution is -2.51. The molecule has 1 amide bonds. The van der Waals surface area contributed by atoms with Gasteiger partial charge in [-0.2, -0.15) is 5.26 Å². The lowest BCUT2D eigenvalue weighted by molar-refractivity contribution is -0.123. The van der Waals surface area contributed by atoms with Gasteiger partial charge in [0, 0.05) is 38.4 Å². The molecule has 1 aromatic heterocycles. The van der Waals surface area contributed by atoms with Crippen LogP contribution in [-0.4, -0.2) is 54.6 Å². The number of aromatic nitrogens is 1. The quantitative estimate of drug-likeness (QED) is 0.848. The van der Waals surface area contributed by atoms with E-state index in [2.05, 4.69) is 26.2 Å². The number of carbonyl (C=O) groups excluding carboxylic acids is 1. The summed E-state index contributed by atoms with van der Waals surface area (Å²) in [4.78, 5) is 21.1. The molecule has 1 N–H and O–H groups in total. The predicted octanol–water partition coefficient (Wildman–Crippen LogP) is 1.38. The van der Waals surface area contributed by atoms with E-state index in [1.165, 1.54) is 25.7 Å². The van der Waals surface area contributed by atoms with Crippen LogP contribution in [0.3, 0.4) is 0 Å². The number of hydrogen-bond donors (Lipinski definition) is 1. The van der Waals surface area contributed by atoms with Crippen molar-refractivity contribution in [3.63, 3.8) is 0 Å². The SMILES string of the molecule is N#Cc1cccnc1N1CCN(CC(=O)NC(C2CC2)C2CC2)CC1. The Morgan fingerprint density at radius 2 is 1.92 bits per heavy atom. The molecule has 2 aliphatic carbocycles. The normalized spacial score (nSPS) is 21.2. The number of piperazine rings is 1. The fourth-order valence-electron chi connectivity index (χ4n) is 3.82. The van der Waals surface area contributed by atoms with E-state index in [0.29, 0.717) is 18.2 Å². The number of anilines is 1. The monoisotopic (exact) mass is 339 g/mol. The predicted molar refractivity (Wildman–Crippen MR) is 95.0 cm³/mol. The molecule has 1 saturated heterocycles. The Morgan fingerprint density at radius 1 is 1.24 bits per heavy atom. The van der Waals surface area contributed by atoms with E-state index in [4.69, 9.17) is 0 Å². The summed E-state index contributed by atoms with van der Waals surface area (Å²) in [7, 11) is 0. The van der Waals surface area contributed by atoms with Gasteiger partial charge in [-0.05, 0) is 49.7 Å². The maximum Gasteiger partial charge on any atom is 0.234 e. The summed E-state index contributed by atoms with van der Waals surface area (Å²) in [5.41, 5.74) is 0.616. The van der Waals surface area contributed by atoms with E-state index in [1.807, 2.05) is 0 Å². The standard InChI is InChI=1S/C19H25N5O/c20-12-16-2-1-7-21-19(16)24-10-8-23(9-11-24)13-17(25)22-18(14-3-4-14)15-5-6-15/h1-2,7,14-15,18H,3-6,8-11,13H2,(H,22,25). The second-order valence-electron chi connectivity index (χ2n) is 7.52. The summed E-state index contributed by atoms with van der Waals surface area (Å²) < 4.78 is 0. The Balaban J connectivity index is 1.27. The molecule has 0 aromatic carbocycles. The van der Waals surface area contributed by atoms with E-state index in [1.54, 1.807) is 18.3 Å². The van der Waals surface area contributed by atoms with Crippen LogP contribution in [0.2, 0.25) is 0 Å². The third kappa shape index (κ3) is 3.93. The number of nitrogens with zero attached hydrogens (tertiary/aromatic N) is 4. The number of nitriles is 1. The highest BCUT2D eigenvalue weighted by molar-refractivity contribution is 5.78. The van der Waals surface area contributed by atoms with Crippen molar-refractivity contribution < 1.29 is 4.79 Å². The molecule has 2 heterocycles. The van der Waals surface area contributed by atoms with E-state index in [-0.39, 0.29) is 5.91 Å². The molecule has 0 spiro atoms. The van der Waals surface area contributed by atoms with E-state index in [9.17, 15) is 10.1 Å². The van der Waals surface area contributed by atoms with Crippen molar-refractivity contribution in [2.45, 2.75) is 31.7 Å². The summed E-state index contributed by atoms with van der Waals surface area (Å²) in [5, 5.41) is 12.5. The Kier molecular flexibility index (Phi) is 4.58.